The summed E-state index contributed by atoms with van der Waals surface area (Å²) in [6.07, 6.45) is 5.25. The molecule has 138 valence electrons. The summed E-state index contributed by atoms with van der Waals surface area (Å²) >= 11 is 3.72. The number of nitrogens with one attached hydrogen (secondary N) is 1. The van der Waals surface area contributed by atoms with E-state index in [1.807, 2.05) is 6.07 Å². The van der Waals surface area contributed by atoms with Crippen LogP contribution in [0.5, 0.6) is 5.75 Å². The van der Waals surface area contributed by atoms with Gasteiger partial charge in [-0.05, 0) is 49.8 Å². The second-order valence-corrected chi connectivity index (χ2v) is 7.63. The van der Waals surface area contributed by atoms with Gasteiger partial charge in [0.25, 0.3) is 0 Å². The van der Waals surface area contributed by atoms with Crippen LogP contribution in [0, 0.1) is 19.8 Å². The molecule has 24 heavy (non-hydrogen) atoms. The van der Waals surface area contributed by atoms with Crippen LogP contribution in [0.25, 0.3) is 0 Å². The van der Waals surface area contributed by atoms with E-state index in [4.69, 9.17) is 0 Å². The monoisotopic (exact) mass is 438 g/mol. The van der Waals surface area contributed by atoms with Crippen LogP contribution >= 0.6 is 40.7 Å². The highest BCUT2D eigenvalue weighted by molar-refractivity contribution is 9.10. The molecule has 2 fully saturated rings. The van der Waals surface area contributed by atoms with Crippen molar-refractivity contribution in [1.82, 2.24) is 10.2 Å². The second kappa shape index (κ2) is 9.63. The third-order valence-corrected chi connectivity index (χ3v) is 6.62. The molecule has 0 spiro atoms. The highest BCUT2D eigenvalue weighted by atomic mass is 79.9. The molecule has 2 N–H and O–H groups in total. The van der Waals surface area contributed by atoms with E-state index in [2.05, 4.69) is 40.0 Å². The molecule has 2 aliphatic rings. The summed E-state index contributed by atoms with van der Waals surface area (Å²) in [7, 11) is 0. The van der Waals surface area contributed by atoms with Gasteiger partial charge in [0, 0.05) is 42.3 Å². The molecule has 1 aromatic rings. The average molecular weight is 440 g/mol. The molecule has 0 amide bonds. The van der Waals surface area contributed by atoms with Crippen LogP contribution in [-0.2, 0) is 0 Å². The largest absolute Gasteiger partial charge is 0.508 e. The Hall–Kier alpha value is -0.000000000000000111. The molecule has 1 aromatic carbocycles. The lowest BCUT2D eigenvalue weighted by molar-refractivity contribution is 0.122. The smallest absolute Gasteiger partial charge is 0.120 e. The standard InChI is InChI=1S/C18H27BrN2O.2ClH/c1-12-11-15(22)16(13(2)17(12)19)18(14-5-3-4-6-14)21-9-7-20-8-10-21;;/h11,14,18,20,22H,3-10H2,1-2H3;2*1H/t18-;;/m1../s1. The molecule has 6 heteroatoms. The van der Waals surface area contributed by atoms with Crippen LogP contribution in [-0.4, -0.2) is 36.2 Å². The van der Waals surface area contributed by atoms with E-state index in [9.17, 15) is 5.11 Å². The molecular weight excluding hydrogens is 411 g/mol. The molecule has 1 atom stereocenters. The number of hydrogen-bond acceptors (Lipinski definition) is 3. The molecule has 1 aliphatic heterocycles. The number of phenolic OH excluding ortho intramolecular Hbond substituents is 1. The minimum atomic E-state index is 0. The number of piperazine rings is 1. The molecular formula is C18H29BrCl2N2O. The van der Waals surface area contributed by atoms with E-state index < -0.39 is 0 Å². The number of hydrogen-bond donors (Lipinski definition) is 2. The van der Waals surface area contributed by atoms with Crippen molar-refractivity contribution in [1.29, 1.82) is 0 Å². The molecule has 0 unspecified atom stereocenters. The van der Waals surface area contributed by atoms with Crippen LogP contribution in [0.2, 0.25) is 0 Å². The predicted octanol–water partition coefficient (Wildman–Crippen LogP) is 4.75. The summed E-state index contributed by atoms with van der Waals surface area (Å²) < 4.78 is 1.15. The zero-order valence-electron chi connectivity index (χ0n) is 14.5. The molecule has 0 radical (unpaired) electrons. The van der Waals surface area contributed by atoms with Crippen molar-refractivity contribution < 1.29 is 5.11 Å². The van der Waals surface area contributed by atoms with Gasteiger partial charge in [-0.15, -0.1) is 24.8 Å². The van der Waals surface area contributed by atoms with Gasteiger partial charge in [-0.25, -0.2) is 0 Å². The van der Waals surface area contributed by atoms with Gasteiger partial charge >= 0.3 is 0 Å². The van der Waals surface area contributed by atoms with Gasteiger partial charge in [0.1, 0.15) is 5.75 Å². The molecule has 1 aliphatic carbocycles. The third-order valence-electron chi connectivity index (χ3n) is 5.40. The zero-order chi connectivity index (χ0) is 15.7. The molecule has 0 bridgehead atoms. The van der Waals surface area contributed by atoms with Crippen LogP contribution < -0.4 is 5.32 Å². The fraction of sp³-hybridized carbons (Fsp3) is 0.667. The molecule has 3 rings (SSSR count). The van der Waals surface area contributed by atoms with E-state index in [1.54, 1.807) is 0 Å². The minimum absolute atomic E-state index is 0. The van der Waals surface area contributed by atoms with E-state index >= 15 is 0 Å². The number of aromatic hydroxyl groups is 1. The molecule has 1 heterocycles. The number of nitrogens with zero attached hydrogens (tertiary/aromatic N) is 1. The normalized spacial score (nSPS) is 20.3. The fourth-order valence-electron chi connectivity index (χ4n) is 4.28. The molecule has 1 saturated carbocycles. The van der Waals surface area contributed by atoms with Crippen molar-refractivity contribution in [3.63, 3.8) is 0 Å². The highest BCUT2D eigenvalue weighted by Crippen LogP contribution is 2.45. The Labute approximate surface area is 166 Å². The van der Waals surface area contributed by atoms with Gasteiger partial charge in [-0.1, -0.05) is 28.8 Å². The first-order chi connectivity index (χ1) is 10.6. The first kappa shape index (κ1) is 22.0. The maximum Gasteiger partial charge on any atom is 0.120 e. The predicted molar refractivity (Wildman–Crippen MR) is 109 cm³/mol. The number of benzene rings is 1. The van der Waals surface area contributed by atoms with Gasteiger partial charge in [-0.3, -0.25) is 4.90 Å². The average Bonchev–Trinajstić information content (AvgIpc) is 3.04. The Morgan fingerprint density at radius 1 is 1.17 bits per heavy atom. The Morgan fingerprint density at radius 3 is 2.33 bits per heavy atom. The van der Waals surface area contributed by atoms with Crippen molar-refractivity contribution in [2.45, 2.75) is 45.6 Å². The van der Waals surface area contributed by atoms with Crippen molar-refractivity contribution in [2.24, 2.45) is 5.92 Å². The zero-order valence-corrected chi connectivity index (χ0v) is 17.7. The summed E-state index contributed by atoms with van der Waals surface area (Å²) in [6.45, 7) is 8.45. The van der Waals surface area contributed by atoms with E-state index in [0.29, 0.717) is 17.7 Å². The molecule has 3 nitrogen and oxygen atoms in total. The molecule has 0 aromatic heterocycles. The Kier molecular flexibility index (Phi) is 8.84. The van der Waals surface area contributed by atoms with Gasteiger partial charge in [0.15, 0.2) is 0 Å². The number of rotatable bonds is 3. The lowest BCUT2D eigenvalue weighted by atomic mass is 9.86. The van der Waals surface area contributed by atoms with Gasteiger partial charge in [0.2, 0.25) is 0 Å². The Balaban J connectivity index is 0.00000144. The van der Waals surface area contributed by atoms with Gasteiger partial charge in [-0.2, -0.15) is 0 Å². The van der Waals surface area contributed by atoms with Crippen LogP contribution in [0.1, 0.15) is 48.4 Å². The number of phenols is 1. The lowest BCUT2D eigenvalue weighted by Crippen LogP contribution is -2.46. The van der Waals surface area contributed by atoms with E-state index in [-0.39, 0.29) is 24.8 Å². The van der Waals surface area contributed by atoms with Crippen LogP contribution in [0.4, 0.5) is 0 Å². The topological polar surface area (TPSA) is 35.5 Å². The number of halogens is 3. The Bertz CT molecular complexity index is 544. The lowest BCUT2D eigenvalue weighted by Gasteiger charge is -2.39. The first-order valence-electron chi connectivity index (χ1n) is 8.53. The van der Waals surface area contributed by atoms with Crippen molar-refractivity contribution in [3.8, 4) is 5.75 Å². The van der Waals surface area contributed by atoms with Crippen molar-refractivity contribution >= 4 is 40.7 Å². The van der Waals surface area contributed by atoms with E-state index in [0.717, 1.165) is 41.8 Å². The van der Waals surface area contributed by atoms with Gasteiger partial charge < -0.3 is 10.4 Å². The highest BCUT2D eigenvalue weighted by Gasteiger charge is 2.34. The maximum absolute atomic E-state index is 10.7. The van der Waals surface area contributed by atoms with Gasteiger partial charge in [0.05, 0.1) is 0 Å². The summed E-state index contributed by atoms with van der Waals surface area (Å²) in [4.78, 5) is 2.59. The van der Waals surface area contributed by atoms with Crippen LogP contribution in [0.3, 0.4) is 0 Å². The van der Waals surface area contributed by atoms with E-state index in [1.165, 1.54) is 31.2 Å². The summed E-state index contributed by atoms with van der Waals surface area (Å²) in [6, 6.07) is 2.29. The first-order valence-corrected chi connectivity index (χ1v) is 9.32. The van der Waals surface area contributed by atoms with Crippen LogP contribution in [0.15, 0.2) is 10.5 Å². The van der Waals surface area contributed by atoms with Crippen molar-refractivity contribution in [2.75, 3.05) is 26.2 Å². The summed E-state index contributed by atoms with van der Waals surface area (Å²) in [5, 5.41) is 14.1. The number of aryl methyl sites for hydroxylation is 1. The second-order valence-electron chi connectivity index (χ2n) is 6.84. The van der Waals surface area contributed by atoms with Crippen molar-refractivity contribution in [3.05, 3.63) is 27.2 Å². The quantitative estimate of drug-likeness (QED) is 0.712. The summed E-state index contributed by atoms with van der Waals surface area (Å²) in [5.74, 6) is 1.16. The maximum atomic E-state index is 10.7. The third kappa shape index (κ3) is 4.39. The fourth-order valence-corrected chi connectivity index (χ4v) is 4.60. The summed E-state index contributed by atoms with van der Waals surface area (Å²) in [5.41, 5.74) is 3.49. The molecule has 1 saturated heterocycles. The Morgan fingerprint density at radius 2 is 1.75 bits per heavy atom. The minimum Gasteiger partial charge on any atom is -0.508 e. The SMILES string of the molecule is Cc1cc(O)c([C@@H](C2CCCC2)N2CCNCC2)c(C)c1Br.Cl.Cl.